The first-order chi connectivity index (χ1) is 18.6. The predicted octanol–water partition coefficient (Wildman–Crippen LogP) is 5.21. The van der Waals surface area contributed by atoms with Crippen molar-refractivity contribution < 1.29 is 33.7 Å². The highest BCUT2D eigenvalue weighted by Crippen LogP contribution is 2.28. The van der Waals surface area contributed by atoms with Crippen molar-refractivity contribution in [1.29, 1.82) is 0 Å². The van der Waals surface area contributed by atoms with Crippen LogP contribution in [0.15, 0.2) is 42.5 Å². The molecule has 0 aliphatic carbocycles. The van der Waals surface area contributed by atoms with Crippen LogP contribution in [0, 0.1) is 12.8 Å². The van der Waals surface area contributed by atoms with Crippen molar-refractivity contribution in [3.63, 3.8) is 0 Å². The number of hydrogen-bond acceptors (Lipinski definition) is 7. The molecule has 1 aromatic carbocycles. The summed E-state index contributed by atoms with van der Waals surface area (Å²) >= 11 is 0. The summed E-state index contributed by atoms with van der Waals surface area (Å²) < 4.78 is 16.9. The van der Waals surface area contributed by atoms with Gasteiger partial charge in [0, 0.05) is 18.2 Å². The summed E-state index contributed by atoms with van der Waals surface area (Å²) in [6.07, 6.45) is -1.09. The number of anilines is 1. The van der Waals surface area contributed by atoms with Gasteiger partial charge in [-0.3, -0.25) is 4.90 Å². The summed E-state index contributed by atoms with van der Waals surface area (Å²) in [7, 11) is 0. The number of carbonyl (C=O) groups excluding carboxylic acids is 2. The molecule has 1 saturated heterocycles. The maximum absolute atomic E-state index is 13.3. The first kappa shape index (κ1) is 30.9. The van der Waals surface area contributed by atoms with Crippen LogP contribution in [0.25, 0.3) is 0 Å². The molecule has 0 spiro atoms. The number of carbonyl (C=O) groups is 3. The topological polar surface area (TPSA) is 119 Å². The summed E-state index contributed by atoms with van der Waals surface area (Å²) in [4.78, 5) is 45.1. The van der Waals surface area contributed by atoms with Crippen molar-refractivity contribution in [2.24, 2.45) is 5.92 Å². The van der Waals surface area contributed by atoms with Gasteiger partial charge in [-0.15, -0.1) is 0 Å². The molecule has 1 aromatic heterocycles. The lowest BCUT2D eigenvalue weighted by molar-refractivity contribution is -0.144. The number of aryl methyl sites for hydroxylation is 1. The SMILES string of the molecule is Cc1cc(C[C@@H]2CN(C(=O)OC(C)(C)C)C[C@@H]2OCC(=O)O)nc(N(Cc2ccccc2)C(=O)OC(C)(C)C)c1. The highest BCUT2D eigenvalue weighted by molar-refractivity contribution is 5.86. The zero-order chi connectivity index (χ0) is 29.7. The van der Waals surface area contributed by atoms with Crippen molar-refractivity contribution in [1.82, 2.24) is 9.88 Å². The fourth-order valence-electron chi connectivity index (χ4n) is 4.43. The van der Waals surface area contributed by atoms with E-state index in [0.717, 1.165) is 11.1 Å². The molecule has 2 aromatic rings. The van der Waals surface area contributed by atoms with Crippen LogP contribution in [0.2, 0.25) is 0 Å². The summed E-state index contributed by atoms with van der Waals surface area (Å²) in [5.41, 5.74) is 1.15. The number of hydrogen-bond donors (Lipinski definition) is 1. The van der Waals surface area contributed by atoms with Crippen molar-refractivity contribution in [2.75, 3.05) is 24.6 Å². The average molecular weight is 556 g/mol. The fourth-order valence-corrected chi connectivity index (χ4v) is 4.43. The minimum absolute atomic E-state index is 0.212. The molecule has 218 valence electrons. The Bertz CT molecular complexity index is 1190. The van der Waals surface area contributed by atoms with Crippen LogP contribution in [-0.4, -0.2) is 70.1 Å². The molecule has 0 unspecified atom stereocenters. The van der Waals surface area contributed by atoms with Crippen LogP contribution in [0.1, 0.15) is 58.4 Å². The van der Waals surface area contributed by atoms with E-state index >= 15 is 0 Å². The number of pyridine rings is 1. The first-order valence-electron chi connectivity index (χ1n) is 13.4. The lowest BCUT2D eigenvalue weighted by atomic mass is 9.98. The third kappa shape index (κ3) is 9.51. The van der Waals surface area contributed by atoms with Gasteiger partial charge in [0.25, 0.3) is 0 Å². The highest BCUT2D eigenvalue weighted by Gasteiger charge is 2.38. The third-order valence-corrected chi connectivity index (χ3v) is 6.01. The van der Waals surface area contributed by atoms with E-state index in [1.54, 1.807) is 25.7 Å². The van der Waals surface area contributed by atoms with Crippen molar-refractivity contribution in [3.05, 3.63) is 59.3 Å². The lowest BCUT2D eigenvalue weighted by Crippen LogP contribution is -2.37. The van der Waals surface area contributed by atoms with Gasteiger partial charge in [0.1, 0.15) is 23.6 Å². The Morgan fingerprint density at radius 3 is 2.25 bits per heavy atom. The van der Waals surface area contributed by atoms with Crippen LogP contribution in [0.4, 0.5) is 15.4 Å². The second kappa shape index (κ2) is 12.7. The molecule has 0 saturated carbocycles. The Morgan fingerprint density at radius 1 is 1.00 bits per heavy atom. The van der Waals surface area contributed by atoms with Gasteiger partial charge in [-0.25, -0.2) is 19.4 Å². The Kier molecular flexibility index (Phi) is 9.78. The van der Waals surface area contributed by atoms with Crippen molar-refractivity contribution in [3.8, 4) is 0 Å². The Hall–Kier alpha value is -3.66. The maximum Gasteiger partial charge on any atom is 0.416 e. The number of nitrogens with zero attached hydrogens (tertiary/aromatic N) is 3. The van der Waals surface area contributed by atoms with E-state index in [1.165, 1.54) is 4.90 Å². The van der Waals surface area contributed by atoms with Crippen LogP contribution in [0.5, 0.6) is 0 Å². The summed E-state index contributed by atoms with van der Waals surface area (Å²) in [5.74, 6) is -0.865. The van der Waals surface area contributed by atoms with E-state index in [4.69, 9.17) is 19.2 Å². The predicted molar refractivity (Wildman–Crippen MR) is 150 cm³/mol. The van der Waals surface area contributed by atoms with Gasteiger partial charge in [-0.2, -0.15) is 0 Å². The fraction of sp³-hybridized carbons (Fsp3) is 0.533. The number of carboxylic acid groups (broad SMARTS) is 1. The molecule has 1 aliphatic rings. The van der Waals surface area contributed by atoms with Crippen LogP contribution in [0.3, 0.4) is 0 Å². The summed E-state index contributed by atoms with van der Waals surface area (Å²) in [6, 6.07) is 13.3. The molecule has 3 rings (SSSR count). The highest BCUT2D eigenvalue weighted by atomic mass is 16.6. The first-order valence-corrected chi connectivity index (χ1v) is 13.4. The molecule has 10 nitrogen and oxygen atoms in total. The molecular formula is C30H41N3O7. The zero-order valence-corrected chi connectivity index (χ0v) is 24.5. The van der Waals surface area contributed by atoms with E-state index in [2.05, 4.69) is 0 Å². The summed E-state index contributed by atoms with van der Waals surface area (Å²) in [6.45, 7) is 13.1. The van der Waals surface area contributed by atoms with Crippen molar-refractivity contribution >= 4 is 24.0 Å². The summed E-state index contributed by atoms with van der Waals surface area (Å²) in [5, 5.41) is 9.17. The molecule has 1 fully saturated rings. The molecule has 0 radical (unpaired) electrons. The normalized spacial score (nSPS) is 17.4. The van der Waals surface area contributed by atoms with E-state index in [-0.39, 0.29) is 19.0 Å². The van der Waals surface area contributed by atoms with Gasteiger partial charge in [-0.1, -0.05) is 30.3 Å². The van der Waals surface area contributed by atoms with E-state index in [1.807, 2.05) is 70.2 Å². The van der Waals surface area contributed by atoms with E-state index in [9.17, 15) is 19.5 Å². The largest absolute Gasteiger partial charge is 0.480 e. The number of aliphatic carboxylic acids is 1. The van der Waals surface area contributed by atoms with E-state index in [0.29, 0.717) is 24.5 Å². The molecule has 2 atom stereocenters. The van der Waals surface area contributed by atoms with Gasteiger partial charge in [0.15, 0.2) is 0 Å². The van der Waals surface area contributed by atoms with Crippen molar-refractivity contribution in [2.45, 2.75) is 78.7 Å². The minimum Gasteiger partial charge on any atom is -0.480 e. The standard InChI is InChI=1S/C30H41N3O7/c1-20-13-23(15-22-17-32(27(36)39-29(2,3)4)18-24(22)38-19-26(34)35)31-25(14-20)33(28(37)40-30(5,6)7)16-21-11-9-8-10-12-21/h8-14,22,24H,15-19H2,1-7H3,(H,34,35)/t22-,24+/m1/s1. The molecule has 1 aliphatic heterocycles. The molecular weight excluding hydrogens is 514 g/mol. The van der Waals surface area contributed by atoms with Gasteiger partial charge in [0.2, 0.25) is 0 Å². The number of rotatable bonds is 8. The molecule has 2 amide bonds. The van der Waals surface area contributed by atoms with Crippen LogP contribution < -0.4 is 4.90 Å². The lowest BCUT2D eigenvalue weighted by Gasteiger charge is -2.27. The Balaban J connectivity index is 1.88. The Morgan fingerprint density at radius 2 is 1.65 bits per heavy atom. The molecule has 10 heteroatoms. The molecule has 0 bridgehead atoms. The number of carboxylic acids is 1. The number of likely N-dealkylation sites (tertiary alicyclic amines) is 1. The third-order valence-electron chi connectivity index (χ3n) is 6.01. The molecule has 2 heterocycles. The van der Waals surface area contributed by atoms with Crippen LogP contribution >= 0.6 is 0 Å². The van der Waals surface area contributed by atoms with Gasteiger partial charge >= 0.3 is 18.2 Å². The Labute approximate surface area is 236 Å². The van der Waals surface area contributed by atoms with Gasteiger partial charge in [-0.05, 0) is 78.1 Å². The zero-order valence-electron chi connectivity index (χ0n) is 24.5. The smallest absolute Gasteiger partial charge is 0.416 e. The average Bonchev–Trinajstić information content (AvgIpc) is 3.22. The van der Waals surface area contributed by atoms with E-state index < -0.39 is 42.1 Å². The number of amides is 2. The minimum atomic E-state index is -1.08. The monoisotopic (exact) mass is 555 g/mol. The number of aromatic nitrogens is 1. The van der Waals surface area contributed by atoms with Crippen LogP contribution in [-0.2, 0) is 32.0 Å². The molecule has 1 N–H and O–H groups in total. The molecule has 40 heavy (non-hydrogen) atoms. The number of ether oxygens (including phenoxy) is 3. The second-order valence-electron chi connectivity index (χ2n) is 12.1. The number of benzene rings is 1. The second-order valence-corrected chi connectivity index (χ2v) is 12.1. The van der Waals surface area contributed by atoms with Gasteiger partial charge in [0.05, 0.1) is 19.2 Å². The van der Waals surface area contributed by atoms with Gasteiger partial charge < -0.3 is 24.2 Å². The quantitative estimate of drug-likeness (QED) is 0.472. The maximum atomic E-state index is 13.3.